The van der Waals surface area contributed by atoms with Gasteiger partial charge in [0.25, 0.3) is 0 Å². The molecule has 23 heavy (non-hydrogen) atoms. The fraction of sp³-hybridized carbons (Fsp3) is 0.500. The SMILES string of the molecule is O=C(CN1CC=C(c2ccc(O)cc2)CC1)NC[C@@H]1CCCO1. The largest absolute Gasteiger partial charge is 0.508 e. The van der Waals surface area contributed by atoms with E-state index >= 15 is 0 Å². The summed E-state index contributed by atoms with van der Waals surface area (Å²) in [6.07, 6.45) is 5.43. The normalized spacial score (nSPS) is 21.9. The first-order valence-electron chi connectivity index (χ1n) is 8.30. The summed E-state index contributed by atoms with van der Waals surface area (Å²) in [7, 11) is 0. The number of benzene rings is 1. The number of hydrogen-bond acceptors (Lipinski definition) is 4. The molecule has 0 spiro atoms. The van der Waals surface area contributed by atoms with Crippen molar-refractivity contribution in [2.75, 3.05) is 32.8 Å². The van der Waals surface area contributed by atoms with Crippen molar-refractivity contribution in [3.63, 3.8) is 0 Å². The van der Waals surface area contributed by atoms with Gasteiger partial charge in [0.2, 0.25) is 5.91 Å². The van der Waals surface area contributed by atoms with Crippen LogP contribution in [0.3, 0.4) is 0 Å². The number of hydrogen-bond donors (Lipinski definition) is 2. The lowest BCUT2D eigenvalue weighted by Gasteiger charge is -2.26. The Balaban J connectivity index is 1.44. The van der Waals surface area contributed by atoms with Crippen LogP contribution < -0.4 is 5.32 Å². The molecule has 1 atom stereocenters. The molecule has 3 rings (SSSR count). The highest BCUT2D eigenvalue weighted by Crippen LogP contribution is 2.23. The second-order valence-electron chi connectivity index (χ2n) is 6.20. The number of nitrogens with one attached hydrogen (secondary N) is 1. The molecule has 0 radical (unpaired) electrons. The summed E-state index contributed by atoms with van der Waals surface area (Å²) < 4.78 is 5.51. The predicted molar refractivity (Wildman–Crippen MR) is 89.1 cm³/mol. The van der Waals surface area contributed by atoms with Gasteiger partial charge < -0.3 is 15.2 Å². The van der Waals surface area contributed by atoms with Gasteiger partial charge in [0.15, 0.2) is 0 Å². The first-order valence-corrected chi connectivity index (χ1v) is 8.30. The summed E-state index contributed by atoms with van der Waals surface area (Å²) in [5, 5.41) is 12.3. The van der Waals surface area contributed by atoms with E-state index in [4.69, 9.17) is 4.74 Å². The third kappa shape index (κ3) is 4.56. The molecular formula is C18H24N2O3. The summed E-state index contributed by atoms with van der Waals surface area (Å²) in [6, 6.07) is 7.29. The standard InChI is InChI=1S/C18H24N2O3/c21-16-5-3-14(4-6-16)15-7-9-20(10-8-15)13-18(22)19-12-17-2-1-11-23-17/h3-7,17,21H,1-2,8-13H2,(H,19,22)/t17-/m0/s1. The quantitative estimate of drug-likeness (QED) is 0.869. The van der Waals surface area contributed by atoms with Gasteiger partial charge in [-0.05, 0) is 42.5 Å². The predicted octanol–water partition coefficient (Wildman–Crippen LogP) is 1.78. The molecule has 1 aromatic rings. The van der Waals surface area contributed by atoms with Crippen LogP contribution >= 0.6 is 0 Å². The van der Waals surface area contributed by atoms with Crippen molar-refractivity contribution >= 4 is 11.5 Å². The Kier molecular flexibility index (Phi) is 5.31. The van der Waals surface area contributed by atoms with Crippen LogP contribution in [0, 0.1) is 0 Å². The van der Waals surface area contributed by atoms with Gasteiger partial charge in [-0.15, -0.1) is 0 Å². The molecule has 0 aromatic heterocycles. The Hall–Kier alpha value is -1.85. The van der Waals surface area contributed by atoms with Crippen LogP contribution in [0.4, 0.5) is 0 Å². The van der Waals surface area contributed by atoms with E-state index in [1.165, 1.54) is 5.57 Å². The van der Waals surface area contributed by atoms with Gasteiger partial charge in [-0.25, -0.2) is 0 Å². The highest BCUT2D eigenvalue weighted by molar-refractivity contribution is 5.78. The molecule has 0 bridgehead atoms. The smallest absolute Gasteiger partial charge is 0.234 e. The van der Waals surface area contributed by atoms with Crippen LogP contribution in [0.5, 0.6) is 5.75 Å². The minimum atomic E-state index is 0.0713. The fourth-order valence-electron chi connectivity index (χ4n) is 3.08. The Morgan fingerprint density at radius 3 is 2.83 bits per heavy atom. The molecule has 1 aromatic carbocycles. The van der Waals surface area contributed by atoms with Gasteiger partial charge in [-0.1, -0.05) is 18.2 Å². The average Bonchev–Trinajstić information content (AvgIpc) is 3.08. The Labute approximate surface area is 136 Å². The van der Waals surface area contributed by atoms with Gasteiger partial charge in [-0.2, -0.15) is 0 Å². The van der Waals surface area contributed by atoms with E-state index in [-0.39, 0.29) is 17.8 Å². The number of amides is 1. The molecule has 2 heterocycles. The summed E-state index contributed by atoms with van der Waals surface area (Å²) >= 11 is 0. The van der Waals surface area contributed by atoms with Crippen molar-refractivity contribution in [1.29, 1.82) is 0 Å². The summed E-state index contributed by atoms with van der Waals surface area (Å²) in [5.41, 5.74) is 2.42. The zero-order valence-electron chi connectivity index (χ0n) is 13.3. The first kappa shape index (κ1) is 16.0. The lowest BCUT2D eigenvalue weighted by atomic mass is 9.99. The van der Waals surface area contributed by atoms with Crippen LogP contribution in [0.15, 0.2) is 30.3 Å². The topological polar surface area (TPSA) is 61.8 Å². The second-order valence-corrected chi connectivity index (χ2v) is 6.20. The zero-order chi connectivity index (χ0) is 16.1. The van der Waals surface area contributed by atoms with Crippen LogP contribution in [0.25, 0.3) is 5.57 Å². The maximum Gasteiger partial charge on any atom is 0.234 e. The molecule has 124 valence electrons. The molecule has 1 amide bonds. The number of phenolic OH excluding ortho intramolecular Hbond substituents is 1. The van der Waals surface area contributed by atoms with Gasteiger partial charge in [0.05, 0.1) is 12.6 Å². The van der Waals surface area contributed by atoms with E-state index in [1.54, 1.807) is 12.1 Å². The zero-order valence-corrected chi connectivity index (χ0v) is 13.3. The number of carbonyl (C=O) groups excluding carboxylic acids is 1. The molecule has 0 aliphatic carbocycles. The van der Waals surface area contributed by atoms with E-state index in [0.717, 1.165) is 44.5 Å². The Morgan fingerprint density at radius 2 is 2.17 bits per heavy atom. The maximum absolute atomic E-state index is 12.0. The van der Waals surface area contributed by atoms with Gasteiger partial charge in [-0.3, -0.25) is 9.69 Å². The monoisotopic (exact) mass is 316 g/mol. The van der Waals surface area contributed by atoms with Gasteiger partial charge in [0.1, 0.15) is 5.75 Å². The summed E-state index contributed by atoms with van der Waals surface area (Å²) in [4.78, 5) is 14.1. The van der Waals surface area contributed by atoms with E-state index in [0.29, 0.717) is 13.1 Å². The number of ether oxygens (including phenoxy) is 1. The van der Waals surface area contributed by atoms with E-state index < -0.39 is 0 Å². The van der Waals surface area contributed by atoms with E-state index in [1.807, 2.05) is 12.1 Å². The number of aromatic hydroxyl groups is 1. The highest BCUT2D eigenvalue weighted by Gasteiger charge is 2.18. The maximum atomic E-state index is 12.0. The van der Waals surface area contributed by atoms with Crippen molar-refractivity contribution < 1.29 is 14.6 Å². The molecule has 1 fully saturated rings. The van der Waals surface area contributed by atoms with Crippen molar-refractivity contribution in [3.8, 4) is 5.75 Å². The van der Waals surface area contributed by atoms with Crippen LogP contribution in [0.1, 0.15) is 24.8 Å². The minimum Gasteiger partial charge on any atom is -0.508 e. The van der Waals surface area contributed by atoms with Crippen molar-refractivity contribution in [3.05, 3.63) is 35.9 Å². The van der Waals surface area contributed by atoms with Crippen LogP contribution in [-0.4, -0.2) is 54.8 Å². The third-order valence-corrected chi connectivity index (χ3v) is 4.45. The van der Waals surface area contributed by atoms with Crippen molar-refractivity contribution in [2.45, 2.75) is 25.4 Å². The highest BCUT2D eigenvalue weighted by atomic mass is 16.5. The third-order valence-electron chi connectivity index (χ3n) is 4.45. The average molecular weight is 316 g/mol. The van der Waals surface area contributed by atoms with Gasteiger partial charge in [0, 0.05) is 26.2 Å². The lowest BCUT2D eigenvalue weighted by Crippen LogP contribution is -2.41. The molecule has 5 nitrogen and oxygen atoms in total. The number of rotatable bonds is 5. The Bertz CT molecular complexity index is 562. The molecule has 1 saturated heterocycles. The molecular weight excluding hydrogens is 292 g/mol. The molecule has 5 heteroatoms. The first-order chi connectivity index (χ1) is 11.2. The minimum absolute atomic E-state index is 0.0713. The number of carbonyl (C=O) groups is 1. The number of nitrogens with zero attached hydrogens (tertiary/aromatic N) is 1. The van der Waals surface area contributed by atoms with Crippen molar-refractivity contribution in [1.82, 2.24) is 10.2 Å². The van der Waals surface area contributed by atoms with Crippen molar-refractivity contribution in [2.24, 2.45) is 0 Å². The Morgan fingerprint density at radius 1 is 1.35 bits per heavy atom. The summed E-state index contributed by atoms with van der Waals surface area (Å²) in [5.74, 6) is 0.358. The lowest BCUT2D eigenvalue weighted by molar-refractivity contribution is -0.122. The van der Waals surface area contributed by atoms with E-state index in [2.05, 4.69) is 16.3 Å². The number of phenols is 1. The molecule has 0 unspecified atom stereocenters. The second kappa shape index (κ2) is 7.62. The van der Waals surface area contributed by atoms with Crippen LogP contribution in [0.2, 0.25) is 0 Å². The van der Waals surface area contributed by atoms with E-state index in [9.17, 15) is 9.90 Å². The molecule has 0 saturated carbocycles. The van der Waals surface area contributed by atoms with Crippen LogP contribution in [-0.2, 0) is 9.53 Å². The molecule has 2 N–H and O–H groups in total. The fourth-order valence-corrected chi connectivity index (χ4v) is 3.08. The van der Waals surface area contributed by atoms with Gasteiger partial charge >= 0.3 is 0 Å². The molecule has 2 aliphatic heterocycles. The molecule has 2 aliphatic rings. The summed E-state index contributed by atoms with van der Waals surface area (Å²) in [6.45, 7) is 3.54.